The first-order chi connectivity index (χ1) is 12.2. The number of aromatic nitrogens is 2. The molecule has 0 aliphatic carbocycles. The summed E-state index contributed by atoms with van der Waals surface area (Å²) < 4.78 is 10.4. The van der Waals surface area contributed by atoms with Crippen molar-refractivity contribution in [3.63, 3.8) is 0 Å². The van der Waals surface area contributed by atoms with E-state index in [1.54, 1.807) is 6.07 Å². The van der Waals surface area contributed by atoms with Gasteiger partial charge in [0, 0.05) is 18.5 Å². The number of aryl methyl sites for hydroxylation is 1. The Labute approximate surface area is 157 Å². The van der Waals surface area contributed by atoms with Gasteiger partial charge < -0.3 is 20.0 Å². The van der Waals surface area contributed by atoms with Crippen LogP contribution in [0.3, 0.4) is 0 Å². The molecule has 0 saturated carbocycles. The van der Waals surface area contributed by atoms with E-state index in [1.165, 1.54) is 6.26 Å². The molecule has 1 amide bonds. The maximum Gasteiger partial charge on any atom is 0.257 e. The number of halogens is 1. The maximum absolute atomic E-state index is 12.0. The van der Waals surface area contributed by atoms with Gasteiger partial charge in [0.15, 0.2) is 5.82 Å². The van der Waals surface area contributed by atoms with Crippen LogP contribution in [-0.2, 0) is 19.4 Å². The first-order valence-electron chi connectivity index (χ1n) is 8.17. The highest BCUT2D eigenvalue weighted by Crippen LogP contribution is 2.18. The van der Waals surface area contributed by atoms with Crippen molar-refractivity contribution in [2.24, 2.45) is 5.73 Å². The van der Waals surface area contributed by atoms with E-state index in [0.29, 0.717) is 29.6 Å². The fourth-order valence-electron chi connectivity index (χ4n) is 2.36. The van der Waals surface area contributed by atoms with Gasteiger partial charge >= 0.3 is 0 Å². The summed E-state index contributed by atoms with van der Waals surface area (Å²) in [5.74, 6) is 1.64. The van der Waals surface area contributed by atoms with E-state index in [1.807, 2.05) is 31.2 Å². The lowest BCUT2D eigenvalue weighted by Crippen LogP contribution is -2.25. The normalized spacial score (nSPS) is 10.4. The molecule has 0 saturated heterocycles. The van der Waals surface area contributed by atoms with Crippen molar-refractivity contribution >= 4 is 18.3 Å². The van der Waals surface area contributed by atoms with Crippen LogP contribution in [0.5, 0.6) is 0 Å². The van der Waals surface area contributed by atoms with E-state index in [4.69, 9.17) is 14.7 Å². The van der Waals surface area contributed by atoms with Crippen molar-refractivity contribution in [3.05, 3.63) is 59.3 Å². The molecule has 0 fully saturated rings. The minimum absolute atomic E-state index is 0. The number of hydrogen-bond donors (Lipinski definition) is 2. The molecule has 0 radical (unpaired) electrons. The molecule has 2 heterocycles. The number of rotatable bonds is 7. The van der Waals surface area contributed by atoms with Gasteiger partial charge in [-0.05, 0) is 30.2 Å². The van der Waals surface area contributed by atoms with Crippen LogP contribution in [0.15, 0.2) is 45.5 Å². The second-order valence-electron chi connectivity index (χ2n) is 5.58. The molecular formula is C18H21ClN4O3. The molecule has 0 atom stereocenters. The standard InChI is InChI=1S/C18H20N4O3.ClH/c1-2-16-21-18(25-22-16)13-5-3-12(4-6-13)7-8-20-17(23)14-9-15(10-19)24-11-14;/h3-6,9,11H,2,7-8,10,19H2,1H3,(H,20,23);1H. The summed E-state index contributed by atoms with van der Waals surface area (Å²) >= 11 is 0. The van der Waals surface area contributed by atoms with Gasteiger partial charge in [-0.2, -0.15) is 4.98 Å². The van der Waals surface area contributed by atoms with Crippen molar-refractivity contribution in [2.75, 3.05) is 6.54 Å². The molecule has 8 heteroatoms. The zero-order valence-electron chi connectivity index (χ0n) is 14.4. The van der Waals surface area contributed by atoms with Gasteiger partial charge in [-0.1, -0.05) is 24.2 Å². The molecule has 0 aliphatic heterocycles. The summed E-state index contributed by atoms with van der Waals surface area (Å²) in [6.45, 7) is 2.79. The number of carbonyl (C=O) groups excluding carboxylic acids is 1. The van der Waals surface area contributed by atoms with E-state index in [9.17, 15) is 4.79 Å². The van der Waals surface area contributed by atoms with Gasteiger partial charge in [-0.15, -0.1) is 12.4 Å². The highest BCUT2D eigenvalue weighted by molar-refractivity contribution is 5.93. The highest BCUT2D eigenvalue weighted by Gasteiger charge is 2.10. The molecule has 0 unspecified atom stereocenters. The van der Waals surface area contributed by atoms with Crippen LogP contribution < -0.4 is 11.1 Å². The van der Waals surface area contributed by atoms with Gasteiger partial charge in [0.05, 0.1) is 12.1 Å². The number of benzene rings is 1. The minimum Gasteiger partial charge on any atom is -0.467 e. The number of nitrogens with zero attached hydrogens (tertiary/aromatic N) is 2. The van der Waals surface area contributed by atoms with Crippen molar-refractivity contribution in [3.8, 4) is 11.5 Å². The Kier molecular flexibility index (Phi) is 6.94. The summed E-state index contributed by atoms with van der Waals surface area (Å²) in [5, 5.41) is 6.75. The smallest absolute Gasteiger partial charge is 0.257 e. The predicted octanol–water partition coefficient (Wildman–Crippen LogP) is 2.75. The van der Waals surface area contributed by atoms with Gasteiger partial charge in [0.1, 0.15) is 12.0 Å². The molecule has 26 heavy (non-hydrogen) atoms. The average Bonchev–Trinajstić information content (AvgIpc) is 3.31. The van der Waals surface area contributed by atoms with Crippen molar-refractivity contribution < 1.29 is 13.7 Å². The lowest BCUT2D eigenvalue weighted by Gasteiger charge is -2.04. The molecule has 3 rings (SSSR count). The van der Waals surface area contributed by atoms with Gasteiger partial charge in [0.25, 0.3) is 11.8 Å². The second-order valence-corrected chi connectivity index (χ2v) is 5.58. The average molecular weight is 377 g/mol. The second kappa shape index (κ2) is 9.17. The molecule has 7 nitrogen and oxygen atoms in total. The molecular weight excluding hydrogens is 356 g/mol. The summed E-state index contributed by atoms with van der Waals surface area (Å²) in [7, 11) is 0. The van der Waals surface area contributed by atoms with Crippen LogP contribution in [0.25, 0.3) is 11.5 Å². The summed E-state index contributed by atoms with van der Waals surface area (Å²) in [5.41, 5.74) is 7.94. The number of furan rings is 1. The van der Waals surface area contributed by atoms with E-state index in [-0.39, 0.29) is 24.9 Å². The third kappa shape index (κ3) is 4.71. The van der Waals surface area contributed by atoms with Crippen LogP contribution in [0.2, 0.25) is 0 Å². The lowest BCUT2D eigenvalue weighted by atomic mass is 10.1. The Balaban J connectivity index is 0.00000243. The largest absolute Gasteiger partial charge is 0.467 e. The van der Waals surface area contributed by atoms with Crippen molar-refractivity contribution in [1.82, 2.24) is 15.5 Å². The zero-order chi connectivity index (χ0) is 17.6. The Morgan fingerprint density at radius 2 is 2.04 bits per heavy atom. The predicted molar refractivity (Wildman–Crippen MR) is 99.0 cm³/mol. The van der Waals surface area contributed by atoms with E-state index >= 15 is 0 Å². The topological polar surface area (TPSA) is 107 Å². The van der Waals surface area contributed by atoms with Crippen LogP contribution in [0.1, 0.15) is 34.4 Å². The Morgan fingerprint density at radius 3 is 2.65 bits per heavy atom. The molecule has 3 N–H and O–H groups in total. The quantitative estimate of drug-likeness (QED) is 0.656. The fraction of sp³-hybridized carbons (Fsp3) is 0.278. The minimum atomic E-state index is -0.168. The highest BCUT2D eigenvalue weighted by atomic mass is 35.5. The van der Waals surface area contributed by atoms with E-state index in [0.717, 1.165) is 24.0 Å². The van der Waals surface area contributed by atoms with Gasteiger partial charge in [-0.3, -0.25) is 4.79 Å². The number of carbonyl (C=O) groups is 1. The third-order valence-corrected chi connectivity index (χ3v) is 3.80. The molecule has 3 aromatic rings. The first-order valence-corrected chi connectivity index (χ1v) is 8.17. The number of nitrogens with one attached hydrogen (secondary N) is 1. The molecule has 0 aliphatic rings. The molecule has 2 aromatic heterocycles. The molecule has 0 spiro atoms. The van der Waals surface area contributed by atoms with Crippen LogP contribution in [-0.4, -0.2) is 22.6 Å². The number of amides is 1. The maximum atomic E-state index is 12.0. The molecule has 138 valence electrons. The first kappa shape index (κ1) is 19.7. The number of hydrogen-bond acceptors (Lipinski definition) is 6. The summed E-state index contributed by atoms with van der Waals surface area (Å²) in [6, 6.07) is 9.50. The third-order valence-electron chi connectivity index (χ3n) is 3.80. The van der Waals surface area contributed by atoms with Gasteiger partial charge in [0.2, 0.25) is 0 Å². The Bertz CT molecular complexity index is 842. The monoisotopic (exact) mass is 376 g/mol. The SMILES string of the molecule is CCc1noc(-c2ccc(CCNC(=O)c3coc(CN)c3)cc2)n1.Cl. The number of nitrogens with two attached hydrogens (primary N) is 1. The molecule has 1 aromatic carbocycles. The van der Waals surface area contributed by atoms with Crippen LogP contribution in [0, 0.1) is 0 Å². The Morgan fingerprint density at radius 1 is 1.27 bits per heavy atom. The van der Waals surface area contributed by atoms with Crippen molar-refractivity contribution in [1.29, 1.82) is 0 Å². The lowest BCUT2D eigenvalue weighted by molar-refractivity contribution is 0.0953. The zero-order valence-corrected chi connectivity index (χ0v) is 15.2. The van der Waals surface area contributed by atoms with E-state index in [2.05, 4.69) is 15.5 Å². The van der Waals surface area contributed by atoms with Crippen LogP contribution in [0.4, 0.5) is 0 Å². The summed E-state index contributed by atoms with van der Waals surface area (Å²) in [4.78, 5) is 16.3. The summed E-state index contributed by atoms with van der Waals surface area (Å²) in [6.07, 6.45) is 2.88. The van der Waals surface area contributed by atoms with Gasteiger partial charge in [-0.25, -0.2) is 0 Å². The Hall–Kier alpha value is -2.64. The van der Waals surface area contributed by atoms with Crippen molar-refractivity contribution in [2.45, 2.75) is 26.3 Å². The fourth-order valence-corrected chi connectivity index (χ4v) is 2.36. The van der Waals surface area contributed by atoms with Crippen LogP contribution >= 0.6 is 12.4 Å². The molecule has 0 bridgehead atoms. The van der Waals surface area contributed by atoms with E-state index < -0.39 is 0 Å².